The number of para-hydroxylation sites is 1. The van der Waals surface area contributed by atoms with Gasteiger partial charge < -0.3 is 25.0 Å². The van der Waals surface area contributed by atoms with E-state index < -0.39 is 0 Å². The van der Waals surface area contributed by atoms with Crippen LogP contribution in [0.4, 0.5) is 5.69 Å². The molecule has 0 aliphatic carbocycles. The van der Waals surface area contributed by atoms with E-state index >= 15 is 0 Å². The number of rotatable bonds is 8. The van der Waals surface area contributed by atoms with E-state index in [1.807, 2.05) is 54.3 Å². The summed E-state index contributed by atoms with van der Waals surface area (Å²) in [5, 5.41) is 6.35. The van der Waals surface area contributed by atoms with Crippen LogP contribution >= 0.6 is 24.0 Å². The maximum absolute atomic E-state index is 12.6. The van der Waals surface area contributed by atoms with Crippen LogP contribution < -0.4 is 25.0 Å². The number of halogens is 1. The van der Waals surface area contributed by atoms with E-state index in [0.717, 1.165) is 23.6 Å². The summed E-state index contributed by atoms with van der Waals surface area (Å²) in [6.07, 6.45) is 0.895. The molecule has 162 valence electrons. The van der Waals surface area contributed by atoms with E-state index in [0.29, 0.717) is 32.2 Å². The van der Waals surface area contributed by atoms with Crippen LogP contribution in [0.15, 0.2) is 53.5 Å². The van der Waals surface area contributed by atoms with Crippen LogP contribution in [0.2, 0.25) is 0 Å². The van der Waals surface area contributed by atoms with Crippen molar-refractivity contribution < 1.29 is 14.3 Å². The minimum absolute atomic E-state index is 0. The number of nitrogens with one attached hydrogen (secondary N) is 2. The minimum atomic E-state index is 0. The standard InChI is InChI=1S/C22H28N4O3.HI/c1-3-23-22(24-13-15-29-19-10-8-18(28-2)9-11-19)25-16-21(27)26-14-12-17-6-4-5-7-20(17)26;/h4-11H,3,12-16H2,1-2H3,(H2,23,24,25);1H. The summed E-state index contributed by atoms with van der Waals surface area (Å²) in [4.78, 5) is 18.9. The van der Waals surface area contributed by atoms with Crippen LogP contribution in [0.3, 0.4) is 0 Å². The van der Waals surface area contributed by atoms with Crippen LogP contribution in [0, 0.1) is 0 Å². The third-order valence-corrected chi connectivity index (χ3v) is 4.63. The zero-order chi connectivity index (χ0) is 20.5. The zero-order valence-corrected chi connectivity index (χ0v) is 19.7. The number of nitrogens with zero attached hydrogens (tertiary/aromatic N) is 2. The maximum atomic E-state index is 12.6. The summed E-state index contributed by atoms with van der Waals surface area (Å²) in [5.74, 6) is 2.17. The molecule has 8 heteroatoms. The van der Waals surface area contributed by atoms with Gasteiger partial charge in [0.15, 0.2) is 5.96 Å². The van der Waals surface area contributed by atoms with Gasteiger partial charge >= 0.3 is 0 Å². The van der Waals surface area contributed by atoms with Crippen LogP contribution in [0.25, 0.3) is 0 Å². The fourth-order valence-corrected chi connectivity index (χ4v) is 3.18. The minimum Gasteiger partial charge on any atom is -0.497 e. The van der Waals surface area contributed by atoms with Gasteiger partial charge in [-0.1, -0.05) is 18.2 Å². The highest BCUT2D eigenvalue weighted by Crippen LogP contribution is 2.27. The fourth-order valence-electron chi connectivity index (χ4n) is 3.18. The molecule has 0 unspecified atom stereocenters. The lowest BCUT2D eigenvalue weighted by Gasteiger charge is -2.17. The van der Waals surface area contributed by atoms with E-state index in [4.69, 9.17) is 9.47 Å². The molecule has 0 saturated carbocycles. The highest BCUT2D eigenvalue weighted by Gasteiger charge is 2.23. The Labute approximate surface area is 194 Å². The van der Waals surface area contributed by atoms with Crippen LogP contribution in [0.5, 0.6) is 11.5 Å². The molecule has 0 spiro atoms. The molecule has 1 amide bonds. The molecule has 2 aromatic rings. The summed E-state index contributed by atoms with van der Waals surface area (Å²) < 4.78 is 10.8. The second-order valence-corrected chi connectivity index (χ2v) is 6.57. The first-order valence-corrected chi connectivity index (χ1v) is 9.88. The first kappa shape index (κ1) is 23.8. The number of aliphatic imine (C=N–C) groups is 1. The molecule has 1 aliphatic rings. The largest absolute Gasteiger partial charge is 0.497 e. The fraction of sp³-hybridized carbons (Fsp3) is 0.364. The van der Waals surface area contributed by atoms with Gasteiger partial charge in [-0.15, -0.1) is 24.0 Å². The second-order valence-electron chi connectivity index (χ2n) is 6.57. The van der Waals surface area contributed by atoms with E-state index in [2.05, 4.69) is 21.7 Å². The van der Waals surface area contributed by atoms with Crippen molar-refractivity contribution >= 4 is 41.5 Å². The Morgan fingerprint density at radius 3 is 2.57 bits per heavy atom. The van der Waals surface area contributed by atoms with E-state index in [1.54, 1.807) is 7.11 Å². The highest BCUT2D eigenvalue weighted by molar-refractivity contribution is 14.0. The normalized spacial score (nSPS) is 12.6. The van der Waals surface area contributed by atoms with E-state index in [1.165, 1.54) is 5.56 Å². The van der Waals surface area contributed by atoms with Crippen molar-refractivity contribution in [3.63, 3.8) is 0 Å². The Bertz CT molecular complexity index is 843. The molecule has 0 atom stereocenters. The molecule has 1 aliphatic heterocycles. The smallest absolute Gasteiger partial charge is 0.248 e. The Morgan fingerprint density at radius 1 is 1.10 bits per heavy atom. The number of anilines is 1. The van der Waals surface area contributed by atoms with Gasteiger partial charge in [0.1, 0.15) is 24.7 Å². The number of ether oxygens (including phenoxy) is 2. The van der Waals surface area contributed by atoms with Crippen molar-refractivity contribution in [3.05, 3.63) is 54.1 Å². The highest BCUT2D eigenvalue weighted by atomic mass is 127. The number of carbonyl (C=O) groups is 1. The average molecular weight is 524 g/mol. The number of fused-ring (bicyclic) bond motifs is 1. The summed E-state index contributed by atoms with van der Waals surface area (Å²) in [6, 6.07) is 15.5. The molecule has 0 saturated heterocycles. The molecule has 0 bridgehead atoms. The average Bonchev–Trinajstić information content (AvgIpc) is 3.19. The molecule has 3 rings (SSSR count). The lowest BCUT2D eigenvalue weighted by molar-refractivity contribution is -0.117. The Kier molecular flexibility index (Phi) is 9.72. The summed E-state index contributed by atoms with van der Waals surface area (Å²) >= 11 is 0. The van der Waals surface area contributed by atoms with Gasteiger partial charge in [0.25, 0.3) is 0 Å². The van der Waals surface area contributed by atoms with Gasteiger partial charge in [-0.3, -0.25) is 4.79 Å². The molecule has 30 heavy (non-hydrogen) atoms. The van der Waals surface area contributed by atoms with Gasteiger partial charge in [-0.2, -0.15) is 0 Å². The van der Waals surface area contributed by atoms with Gasteiger partial charge in [0, 0.05) is 18.8 Å². The maximum Gasteiger partial charge on any atom is 0.248 e. The lowest BCUT2D eigenvalue weighted by Crippen LogP contribution is -2.40. The number of methoxy groups -OCH3 is 1. The Hall–Kier alpha value is -2.49. The molecule has 7 nitrogen and oxygen atoms in total. The summed E-state index contributed by atoms with van der Waals surface area (Å²) in [5.41, 5.74) is 2.21. The van der Waals surface area contributed by atoms with E-state index in [9.17, 15) is 4.79 Å². The molecule has 0 radical (unpaired) electrons. The van der Waals surface area contributed by atoms with Crippen molar-refractivity contribution in [1.82, 2.24) is 10.6 Å². The van der Waals surface area contributed by atoms with Crippen molar-refractivity contribution in [3.8, 4) is 11.5 Å². The van der Waals surface area contributed by atoms with Crippen molar-refractivity contribution in [2.75, 3.05) is 44.8 Å². The number of hydrogen-bond donors (Lipinski definition) is 2. The van der Waals surface area contributed by atoms with Crippen molar-refractivity contribution in [2.24, 2.45) is 4.99 Å². The quantitative estimate of drug-likeness (QED) is 0.241. The Balaban J connectivity index is 0.00000320. The third-order valence-electron chi connectivity index (χ3n) is 4.63. The van der Waals surface area contributed by atoms with Crippen molar-refractivity contribution in [2.45, 2.75) is 13.3 Å². The first-order chi connectivity index (χ1) is 14.2. The summed E-state index contributed by atoms with van der Waals surface area (Å²) in [7, 11) is 1.63. The molecular formula is C22H29IN4O3. The predicted molar refractivity (Wildman–Crippen MR) is 130 cm³/mol. The second kappa shape index (κ2) is 12.3. The number of benzene rings is 2. The predicted octanol–water partition coefficient (Wildman–Crippen LogP) is 2.84. The molecule has 0 aromatic heterocycles. The number of amides is 1. The number of hydrogen-bond acceptors (Lipinski definition) is 4. The lowest BCUT2D eigenvalue weighted by atomic mass is 10.2. The topological polar surface area (TPSA) is 75.2 Å². The van der Waals surface area contributed by atoms with Crippen LogP contribution in [-0.2, 0) is 11.2 Å². The SMILES string of the molecule is CCNC(=NCC(=O)N1CCc2ccccc21)NCCOc1ccc(OC)cc1.I. The van der Waals surface area contributed by atoms with Gasteiger partial charge in [0.2, 0.25) is 5.91 Å². The molecule has 2 N–H and O–H groups in total. The van der Waals surface area contributed by atoms with Crippen molar-refractivity contribution in [1.29, 1.82) is 0 Å². The zero-order valence-electron chi connectivity index (χ0n) is 17.4. The molecular weight excluding hydrogens is 495 g/mol. The first-order valence-electron chi connectivity index (χ1n) is 9.88. The summed E-state index contributed by atoms with van der Waals surface area (Å²) in [6.45, 7) is 4.56. The Morgan fingerprint density at radius 2 is 1.83 bits per heavy atom. The number of guanidine groups is 1. The molecule has 1 heterocycles. The molecule has 0 fully saturated rings. The monoisotopic (exact) mass is 524 g/mol. The third kappa shape index (κ3) is 6.51. The van der Waals surface area contributed by atoms with Crippen LogP contribution in [0.1, 0.15) is 12.5 Å². The number of carbonyl (C=O) groups excluding carboxylic acids is 1. The van der Waals surface area contributed by atoms with Gasteiger partial charge in [-0.25, -0.2) is 4.99 Å². The molecule has 2 aromatic carbocycles. The van der Waals surface area contributed by atoms with Gasteiger partial charge in [-0.05, 0) is 49.2 Å². The van der Waals surface area contributed by atoms with Crippen LogP contribution in [-0.4, -0.2) is 51.8 Å². The van der Waals surface area contributed by atoms with Gasteiger partial charge in [0.05, 0.1) is 13.7 Å². The van der Waals surface area contributed by atoms with E-state index in [-0.39, 0.29) is 36.4 Å².